The number of hydrogen-bond donors (Lipinski definition) is 1. The predicted octanol–water partition coefficient (Wildman–Crippen LogP) is 1.50. The Hall–Kier alpha value is -1.43. The number of nitrogens with zero attached hydrogens (tertiary/aromatic N) is 2. The van der Waals surface area contributed by atoms with Crippen molar-refractivity contribution in [2.75, 3.05) is 6.54 Å². The average molecular weight is 293 g/mol. The van der Waals surface area contributed by atoms with Crippen LogP contribution in [0.1, 0.15) is 42.6 Å². The van der Waals surface area contributed by atoms with Crippen molar-refractivity contribution in [2.45, 2.75) is 45.2 Å². The molecule has 0 bridgehead atoms. The van der Waals surface area contributed by atoms with Gasteiger partial charge in [-0.05, 0) is 32.1 Å². The summed E-state index contributed by atoms with van der Waals surface area (Å²) in [7, 11) is 0. The van der Waals surface area contributed by atoms with Crippen LogP contribution in [0.5, 0.6) is 0 Å². The Morgan fingerprint density at radius 3 is 2.85 bits per heavy atom. The van der Waals surface area contributed by atoms with Crippen molar-refractivity contribution in [1.82, 2.24) is 15.2 Å². The molecule has 0 aromatic carbocycles. The minimum Gasteiger partial charge on any atom is -0.342 e. The summed E-state index contributed by atoms with van der Waals surface area (Å²) in [4.78, 5) is 31.7. The third-order valence-electron chi connectivity index (χ3n) is 4.02. The zero-order valence-corrected chi connectivity index (χ0v) is 12.6. The molecular formula is C14H19N3O2S. The van der Waals surface area contributed by atoms with Crippen LogP contribution in [0.15, 0.2) is 6.20 Å². The highest BCUT2D eigenvalue weighted by atomic mass is 32.1. The molecule has 2 atom stereocenters. The van der Waals surface area contributed by atoms with E-state index in [1.807, 2.05) is 13.1 Å². The lowest BCUT2D eigenvalue weighted by Gasteiger charge is -2.35. The van der Waals surface area contributed by atoms with Gasteiger partial charge in [0.1, 0.15) is 17.6 Å². The van der Waals surface area contributed by atoms with Gasteiger partial charge in [0, 0.05) is 11.1 Å². The van der Waals surface area contributed by atoms with E-state index in [0.717, 1.165) is 24.3 Å². The summed E-state index contributed by atoms with van der Waals surface area (Å²) in [6.07, 6.45) is 4.89. The molecule has 1 aromatic heterocycles. The highest BCUT2D eigenvalue weighted by Crippen LogP contribution is 2.36. The molecule has 0 radical (unpaired) electrons. The molecule has 2 unspecified atom stereocenters. The van der Waals surface area contributed by atoms with E-state index in [1.54, 1.807) is 16.2 Å². The van der Waals surface area contributed by atoms with Crippen molar-refractivity contribution >= 4 is 23.2 Å². The lowest BCUT2D eigenvalue weighted by molar-refractivity contribution is -0.147. The highest BCUT2D eigenvalue weighted by Gasteiger charge is 2.44. The third kappa shape index (κ3) is 2.44. The molecule has 2 aliphatic rings. The maximum absolute atomic E-state index is 12.5. The molecule has 2 heterocycles. The number of thiazole rings is 1. The van der Waals surface area contributed by atoms with Crippen LogP contribution < -0.4 is 5.32 Å². The molecule has 1 saturated heterocycles. The van der Waals surface area contributed by atoms with Gasteiger partial charge in [0.25, 0.3) is 0 Å². The molecule has 0 spiro atoms. The molecule has 1 aliphatic carbocycles. The molecular weight excluding hydrogens is 274 g/mol. The SMILES string of the molecule is CCc1cnc(C(C)N2CC(=O)NC(C3CC3)C2=O)s1. The molecule has 2 fully saturated rings. The molecule has 1 saturated carbocycles. The van der Waals surface area contributed by atoms with Crippen molar-refractivity contribution in [1.29, 1.82) is 0 Å². The van der Waals surface area contributed by atoms with Crippen LogP contribution in [0, 0.1) is 5.92 Å². The number of aryl methyl sites for hydroxylation is 1. The second kappa shape index (κ2) is 5.16. The van der Waals surface area contributed by atoms with Crippen molar-refractivity contribution < 1.29 is 9.59 Å². The van der Waals surface area contributed by atoms with Gasteiger partial charge in [0.05, 0.1) is 6.04 Å². The van der Waals surface area contributed by atoms with Crippen molar-refractivity contribution in [3.63, 3.8) is 0 Å². The summed E-state index contributed by atoms with van der Waals surface area (Å²) in [5, 5.41) is 3.75. The van der Waals surface area contributed by atoms with Gasteiger partial charge >= 0.3 is 0 Å². The number of hydrogen-bond acceptors (Lipinski definition) is 4. The number of rotatable bonds is 4. The van der Waals surface area contributed by atoms with Gasteiger partial charge in [-0.15, -0.1) is 11.3 Å². The normalized spacial score (nSPS) is 24.7. The zero-order chi connectivity index (χ0) is 14.3. The van der Waals surface area contributed by atoms with Crippen molar-refractivity contribution in [3.8, 4) is 0 Å². The Kier molecular flexibility index (Phi) is 3.50. The molecule has 1 N–H and O–H groups in total. The molecule has 1 aromatic rings. The van der Waals surface area contributed by atoms with Gasteiger partial charge in [0.15, 0.2) is 0 Å². The van der Waals surface area contributed by atoms with E-state index in [4.69, 9.17) is 0 Å². The zero-order valence-electron chi connectivity index (χ0n) is 11.8. The first kappa shape index (κ1) is 13.5. The minimum atomic E-state index is -0.315. The second-order valence-corrected chi connectivity index (χ2v) is 6.69. The van der Waals surface area contributed by atoms with Crippen molar-refractivity contribution in [2.24, 2.45) is 5.92 Å². The van der Waals surface area contributed by atoms with Crippen LogP contribution in [0.3, 0.4) is 0 Å². The van der Waals surface area contributed by atoms with E-state index in [-0.39, 0.29) is 30.4 Å². The second-order valence-electron chi connectivity index (χ2n) is 5.54. The first-order chi connectivity index (χ1) is 9.60. The lowest BCUT2D eigenvalue weighted by Crippen LogP contribution is -2.59. The standard InChI is InChI=1S/C14H19N3O2S/c1-3-10-6-15-13(20-10)8(2)17-7-11(18)16-12(14(17)19)9-4-5-9/h6,8-9,12H,3-5,7H2,1-2H3,(H,16,18). The van der Waals surface area contributed by atoms with Crippen LogP contribution >= 0.6 is 11.3 Å². The summed E-state index contributed by atoms with van der Waals surface area (Å²) < 4.78 is 0. The van der Waals surface area contributed by atoms with Gasteiger partial charge < -0.3 is 10.2 Å². The fourth-order valence-corrected chi connectivity index (χ4v) is 3.50. The van der Waals surface area contributed by atoms with Gasteiger partial charge in [-0.25, -0.2) is 4.98 Å². The first-order valence-electron chi connectivity index (χ1n) is 7.14. The fraction of sp³-hybridized carbons (Fsp3) is 0.643. The van der Waals surface area contributed by atoms with E-state index in [9.17, 15) is 9.59 Å². The monoisotopic (exact) mass is 293 g/mol. The number of piperazine rings is 1. The highest BCUT2D eigenvalue weighted by molar-refractivity contribution is 7.11. The van der Waals surface area contributed by atoms with Gasteiger partial charge in [-0.3, -0.25) is 9.59 Å². The molecule has 6 heteroatoms. The Labute approximate surface area is 122 Å². The Bertz CT molecular complexity index is 538. The summed E-state index contributed by atoms with van der Waals surface area (Å²) >= 11 is 1.63. The molecule has 1 aliphatic heterocycles. The van der Waals surface area contributed by atoms with Crippen LogP contribution in [0.25, 0.3) is 0 Å². The Morgan fingerprint density at radius 2 is 2.25 bits per heavy atom. The van der Waals surface area contributed by atoms with E-state index in [1.165, 1.54) is 4.88 Å². The van der Waals surface area contributed by atoms with Gasteiger partial charge in [0.2, 0.25) is 11.8 Å². The summed E-state index contributed by atoms with van der Waals surface area (Å²) in [5.41, 5.74) is 0. The lowest BCUT2D eigenvalue weighted by atomic mass is 10.1. The number of nitrogens with one attached hydrogen (secondary N) is 1. The number of aromatic nitrogens is 1. The first-order valence-corrected chi connectivity index (χ1v) is 7.96. The fourth-order valence-electron chi connectivity index (χ4n) is 2.58. The van der Waals surface area contributed by atoms with Gasteiger partial charge in [-0.1, -0.05) is 6.92 Å². The molecule has 2 amide bonds. The van der Waals surface area contributed by atoms with Crippen LogP contribution in [-0.2, 0) is 16.0 Å². The number of amides is 2. The number of carbonyl (C=O) groups is 2. The smallest absolute Gasteiger partial charge is 0.246 e. The van der Waals surface area contributed by atoms with E-state index in [2.05, 4.69) is 17.2 Å². The van der Waals surface area contributed by atoms with E-state index < -0.39 is 0 Å². The molecule has 108 valence electrons. The average Bonchev–Trinajstić information content (AvgIpc) is 3.17. The number of carbonyl (C=O) groups excluding carboxylic acids is 2. The van der Waals surface area contributed by atoms with E-state index >= 15 is 0 Å². The van der Waals surface area contributed by atoms with E-state index in [0.29, 0.717) is 5.92 Å². The van der Waals surface area contributed by atoms with Gasteiger partial charge in [-0.2, -0.15) is 0 Å². The largest absolute Gasteiger partial charge is 0.342 e. The van der Waals surface area contributed by atoms with Crippen LogP contribution in [0.4, 0.5) is 0 Å². The third-order valence-corrected chi connectivity index (χ3v) is 5.33. The molecule has 3 rings (SSSR count). The van der Waals surface area contributed by atoms with Crippen LogP contribution in [0.2, 0.25) is 0 Å². The summed E-state index contributed by atoms with van der Waals surface area (Å²) in [6.45, 7) is 4.19. The minimum absolute atomic E-state index is 0.0489. The predicted molar refractivity (Wildman–Crippen MR) is 76.3 cm³/mol. The summed E-state index contributed by atoms with van der Waals surface area (Å²) in [5.74, 6) is 0.331. The van der Waals surface area contributed by atoms with Crippen LogP contribution in [-0.4, -0.2) is 34.3 Å². The Morgan fingerprint density at radius 1 is 1.50 bits per heavy atom. The molecule has 5 nitrogen and oxygen atoms in total. The summed E-state index contributed by atoms with van der Waals surface area (Å²) in [6, 6.07) is -0.440. The maximum atomic E-state index is 12.5. The van der Waals surface area contributed by atoms with Crippen molar-refractivity contribution in [3.05, 3.63) is 16.1 Å². The topological polar surface area (TPSA) is 62.3 Å². The molecule has 20 heavy (non-hydrogen) atoms. The Balaban J connectivity index is 1.79. The quantitative estimate of drug-likeness (QED) is 0.915. The maximum Gasteiger partial charge on any atom is 0.246 e.